The summed E-state index contributed by atoms with van der Waals surface area (Å²) in [6.07, 6.45) is 0. The number of anilines is 2. The van der Waals surface area contributed by atoms with Gasteiger partial charge in [0.2, 0.25) is 5.91 Å². The van der Waals surface area contributed by atoms with Crippen LogP contribution in [0.3, 0.4) is 0 Å². The highest BCUT2D eigenvalue weighted by Crippen LogP contribution is 2.24. The van der Waals surface area contributed by atoms with Crippen LogP contribution in [0.1, 0.15) is 0 Å². The molecule has 2 aromatic rings. The van der Waals surface area contributed by atoms with Crippen LogP contribution in [-0.2, 0) is 4.79 Å². The van der Waals surface area contributed by atoms with Gasteiger partial charge in [-0.2, -0.15) is 0 Å². The molecule has 0 aliphatic carbocycles. The lowest BCUT2D eigenvalue weighted by Crippen LogP contribution is -2.40. The van der Waals surface area contributed by atoms with E-state index in [1.54, 1.807) is 11.8 Å². The third-order valence-corrected chi connectivity index (χ3v) is 5.40. The van der Waals surface area contributed by atoms with Crippen molar-refractivity contribution in [1.29, 1.82) is 0 Å². The van der Waals surface area contributed by atoms with Crippen LogP contribution in [0.4, 0.5) is 11.4 Å². The Morgan fingerprint density at radius 3 is 2.22 bits per heavy atom. The van der Waals surface area contributed by atoms with Gasteiger partial charge in [-0.15, -0.1) is 0 Å². The molecule has 0 atom stereocenters. The summed E-state index contributed by atoms with van der Waals surface area (Å²) in [5.74, 6) is 1.34. The Kier molecular flexibility index (Phi) is 5.60. The first-order valence-electron chi connectivity index (χ1n) is 7.33. The van der Waals surface area contributed by atoms with Crippen LogP contribution in [0.5, 0.6) is 0 Å². The summed E-state index contributed by atoms with van der Waals surface area (Å²) in [6, 6.07) is 19.6. The van der Waals surface area contributed by atoms with Crippen LogP contribution in [0.2, 0.25) is 0 Å². The number of benzene rings is 2. The van der Waals surface area contributed by atoms with Crippen LogP contribution in [-0.4, -0.2) is 28.3 Å². The summed E-state index contributed by atoms with van der Waals surface area (Å²) >= 11 is 3.21. The van der Waals surface area contributed by atoms with E-state index in [0.29, 0.717) is 5.75 Å². The molecule has 1 aliphatic heterocycles. The number of carbonyl (C=O) groups is 1. The van der Waals surface area contributed by atoms with Crippen LogP contribution >= 0.6 is 23.5 Å². The van der Waals surface area contributed by atoms with Crippen molar-refractivity contribution in [3.63, 3.8) is 0 Å². The van der Waals surface area contributed by atoms with Gasteiger partial charge >= 0.3 is 0 Å². The molecule has 0 saturated carbocycles. The average molecular weight is 343 g/mol. The monoisotopic (exact) mass is 343 g/mol. The van der Waals surface area contributed by atoms with Gasteiger partial charge in [-0.25, -0.2) is 0 Å². The molecule has 4 nitrogen and oxygen atoms in total. The lowest BCUT2D eigenvalue weighted by molar-refractivity contribution is -0.118. The molecule has 0 fully saturated rings. The fraction of sp³-hybridized carbons (Fsp3) is 0.176. The summed E-state index contributed by atoms with van der Waals surface area (Å²) in [6.45, 7) is 0.856. The highest BCUT2D eigenvalue weighted by Gasteiger charge is 2.14. The van der Waals surface area contributed by atoms with Gasteiger partial charge < -0.3 is 0 Å². The second kappa shape index (κ2) is 8.08. The summed E-state index contributed by atoms with van der Waals surface area (Å²) in [5, 5.41) is 1.81. The van der Waals surface area contributed by atoms with Gasteiger partial charge in [-0.3, -0.25) is 20.2 Å². The third-order valence-electron chi connectivity index (χ3n) is 3.15. The van der Waals surface area contributed by atoms with Gasteiger partial charge in [0.05, 0.1) is 23.7 Å². The standard InChI is InChI=1S/C17H17N3OS2/c21-16(13-23-17-18-11-12-22-17)19-20(14-7-3-1-4-8-14)15-9-5-2-6-10-15/h1-10H,11-13H2,(H,19,21). The van der Waals surface area contributed by atoms with Crippen molar-refractivity contribution in [2.24, 2.45) is 4.99 Å². The predicted molar refractivity (Wildman–Crippen MR) is 100 cm³/mol. The molecule has 0 radical (unpaired) electrons. The minimum Gasteiger partial charge on any atom is -0.272 e. The Morgan fingerprint density at radius 2 is 1.70 bits per heavy atom. The van der Waals surface area contributed by atoms with Gasteiger partial charge in [0.25, 0.3) is 0 Å². The Labute approximate surface area is 144 Å². The van der Waals surface area contributed by atoms with Crippen LogP contribution in [0, 0.1) is 0 Å². The van der Waals surface area contributed by atoms with Crippen molar-refractivity contribution in [1.82, 2.24) is 5.43 Å². The molecule has 0 spiro atoms. The quantitative estimate of drug-likeness (QED) is 0.841. The summed E-state index contributed by atoms with van der Waals surface area (Å²) in [5.41, 5.74) is 4.82. The maximum atomic E-state index is 12.3. The molecule has 3 rings (SSSR count). The summed E-state index contributed by atoms with van der Waals surface area (Å²) in [4.78, 5) is 16.7. The molecule has 2 aromatic carbocycles. The van der Waals surface area contributed by atoms with Crippen molar-refractivity contribution >= 4 is 45.2 Å². The number of thioether (sulfide) groups is 2. The molecule has 118 valence electrons. The number of aliphatic imine (C=N–C) groups is 1. The molecular weight excluding hydrogens is 326 g/mol. The maximum Gasteiger partial charge on any atom is 0.249 e. The zero-order valence-electron chi connectivity index (χ0n) is 12.5. The van der Waals surface area contributed by atoms with Gasteiger partial charge in [0.1, 0.15) is 4.38 Å². The second-order valence-corrected chi connectivity index (χ2v) is 7.13. The first-order chi connectivity index (χ1) is 11.3. The van der Waals surface area contributed by atoms with Crippen LogP contribution < -0.4 is 10.4 Å². The normalized spacial score (nSPS) is 13.5. The Hall–Kier alpha value is -1.92. The van der Waals surface area contributed by atoms with Gasteiger partial charge in [0, 0.05) is 5.75 Å². The molecule has 1 aliphatic rings. The highest BCUT2D eigenvalue weighted by molar-refractivity contribution is 8.39. The van der Waals surface area contributed by atoms with Crippen molar-refractivity contribution < 1.29 is 4.79 Å². The van der Waals surface area contributed by atoms with E-state index in [0.717, 1.165) is 28.0 Å². The van der Waals surface area contributed by atoms with Crippen molar-refractivity contribution in [3.8, 4) is 0 Å². The van der Waals surface area contributed by atoms with Crippen molar-refractivity contribution in [2.45, 2.75) is 0 Å². The molecule has 0 unspecified atom stereocenters. The SMILES string of the molecule is O=C(CSC1=NCCS1)NN(c1ccccc1)c1ccccc1. The number of hydrogen-bond acceptors (Lipinski definition) is 5. The Morgan fingerprint density at radius 1 is 1.09 bits per heavy atom. The fourth-order valence-electron chi connectivity index (χ4n) is 2.12. The van der Waals surface area contributed by atoms with Crippen LogP contribution in [0.25, 0.3) is 0 Å². The molecule has 0 aromatic heterocycles. The first kappa shape index (κ1) is 16.0. The minimum atomic E-state index is -0.0436. The Balaban J connectivity index is 1.70. The molecule has 0 saturated heterocycles. The Bertz CT molecular complexity index is 637. The number of nitrogens with one attached hydrogen (secondary N) is 1. The highest BCUT2D eigenvalue weighted by atomic mass is 32.2. The van der Waals surface area contributed by atoms with Crippen LogP contribution in [0.15, 0.2) is 65.7 Å². The molecule has 6 heteroatoms. The van der Waals surface area contributed by atoms with Gasteiger partial charge in [0.15, 0.2) is 0 Å². The zero-order chi connectivity index (χ0) is 15.9. The van der Waals surface area contributed by atoms with E-state index in [1.165, 1.54) is 11.8 Å². The molecule has 0 bridgehead atoms. The summed E-state index contributed by atoms with van der Waals surface area (Å²) < 4.78 is 1.01. The van der Waals surface area contributed by atoms with Crippen molar-refractivity contribution in [2.75, 3.05) is 23.1 Å². The number of carbonyl (C=O) groups excluding carboxylic acids is 1. The lowest BCUT2D eigenvalue weighted by Gasteiger charge is -2.25. The average Bonchev–Trinajstić information content (AvgIpc) is 3.13. The van der Waals surface area contributed by atoms with E-state index in [9.17, 15) is 4.79 Å². The van der Waals surface area contributed by atoms with E-state index in [2.05, 4.69) is 10.4 Å². The lowest BCUT2D eigenvalue weighted by atomic mass is 10.2. The number of nitrogens with zero attached hydrogens (tertiary/aromatic N) is 2. The molecule has 1 heterocycles. The fourth-order valence-corrected chi connectivity index (χ4v) is 3.92. The number of hydrogen-bond donors (Lipinski definition) is 1. The second-order valence-electron chi connectivity index (χ2n) is 4.83. The first-order valence-corrected chi connectivity index (χ1v) is 9.30. The zero-order valence-corrected chi connectivity index (χ0v) is 14.1. The van der Waals surface area contributed by atoms with E-state index in [1.807, 2.05) is 65.7 Å². The van der Waals surface area contributed by atoms with E-state index in [-0.39, 0.29) is 5.91 Å². The maximum absolute atomic E-state index is 12.3. The van der Waals surface area contributed by atoms with E-state index in [4.69, 9.17) is 0 Å². The predicted octanol–water partition coefficient (Wildman–Crippen LogP) is 3.69. The smallest absolute Gasteiger partial charge is 0.249 e. The number of amides is 1. The molecule has 1 amide bonds. The number of hydrazine groups is 1. The molecule has 23 heavy (non-hydrogen) atoms. The topological polar surface area (TPSA) is 44.7 Å². The van der Waals surface area contributed by atoms with Gasteiger partial charge in [-0.05, 0) is 24.3 Å². The summed E-state index contributed by atoms with van der Waals surface area (Å²) in [7, 11) is 0. The van der Waals surface area contributed by atoms with Crippen molar-refractivity contribution in [3.05, 3.63) is 60.7 Å². The molecule has 1 N–H and O–H groups in total. The minimum absolute atomic E-state index is 0.0436. The third kappa shape index (κ3) is 4.53. The number of rotatable bonds is 5. The number of para-hydroxylation sites is 2. The van der Waals surface area contributed by atoms with E-state index < -0.39 is 0 Å². The van der Waals surface area contributed by atoms with E-state index >= 15 is 0 Å². The van der Waals surface area contributed by atoms with Gasteiger partial charge in [-0.1, -0.05) is 59.9 Å². The molecular formula is C17H17N3OS2. The largest absolute Gasteiger partial charge is 0.272 e.